The Balaban J connectivity index is 2.23. The lowest BCUT2D eigenvalue weighted by Gasteiger charge is -2.06. The Labute approximate surface area is 116 Å². The maximum atomic E-state index is 13.3. The van der Waals surface area contributed by atoms with Crippen molar-refractivity contribution in [3.63, 3.8) is 0 Å². The molecular formula is C15H13ClFNO. The summed E-state index contributed by atoms with van der Waals surface area (Å²) >= 11 is 5.61. The number of aryl methyl sites for hydroxylation is 2. The van der Waals surface area contributed by atoms with Crippen LogP contribution in [0, 0.1) is 19.7 Å². The first-order valence-corrected chi connectivity index (χ1v) is 6.26. The van der Waals surface area contributed by atoms with Crippen LogP contribution in [-0.2, 0) is 6.42 Å². The van der Waals surface area contributed by atoms with Crippen molar-refractivity contribution in [2.75, 3.05) is 0 Å². The molecule has 0 aliphatic rings. The number of Topliss-reactive ketones (excluding diaryl/α,β-unsaturated/α-hetero) is 1. The SMILES string of the molecule is Cc1ccc(C(=O)Cc2ccc(Cl)c(F)c2)c(C)n1. The van der Waals surface area contributed by atoms with E-state index in [0.29, 0.717) is 16.8 Å². The minimum atomic E-state index is -0.509. The Morgan fingerprint density at radius 3 is 2.63 bits per heavy atom. The minimum Gasteiger partial charge on any atom is -0.294 e. The first-order valence-electron chi connectivity index (χ1n) is 5.89. The molecule has 1 aromatic carbocycles. The van der Waals surface area contributed by atoms with Gasteiger partial charge in [-0.05, 0) is 43.7 Å². The molecule has 0 radical (unpaired) electrons. The van der Waals surface area contributed by atoms with Crippen molar-refractivity contribution in [2.24, 2.45) is 0 Å². The zero-order chi connectivity index (χ0) is 14.0. The van der Waals surface area contributed by atoms with E-state index in [0.717, 1.165) is 5.69 Å². The van der Waals surface area contributed by atoms with Gasteiger partial charge in [0.05, 0.1) is 5.02 Å². The molecule has 98 valence electrons. The van der Waals surface area contributed by atoms with E-state index < -0.39 is 5.82 Å². The highest BCUT2D eigenvalue weighted by atomic mass is 35.5. The molecule has 4 heteroatoms. The number of nitrogens with zero attached hydrogens (tertiary/aromatic N) is 1. The largest absolute Gasteiger partial charge is 0.294 e. The molecule has 2 aromatic rings. The summed E-state index contributed by atoms with van der Waals surface area (Å²) in [7, 11) is 0. The molecular weight excluding hydrogens is 265 g/mol. The maximum absolute atomic E-state index is 13.3. The van der Waals surface area contributed by atoms with Gasteiger partial charge in [-0.2, -0.15) is 0 Å². The van der Waals surface area contributed by atoms with Crippen molar-refractivity contribution in [3.05, 3.63) is 63.7 Å². The Morgan fingerprint density at radius 1 is 1.26 bits per heavy atom. The van der Waals surface area contributed by atoms with E-state index in [2.05, 4.69) is 4.98 Å². The average molecular weight is 278 g/mol. The number of carbonyl (C=O) groups excluding carboxylic acids is 1. The summed E-state index contributed by atoms with van der Waals surface area (Å²) in [5.41, 5.74) is 2.74. The fourth-order valence-electron chi connectivity index (χ4n) is 1.91. The number of ketones is 1. The van der Waals surface area contributed by atoms with E-state index >= 15 is 0 Å². The van der Waals surface area contributed by atoms with Gasteiger partial charge in [-0.1, -0.05) is 17.7 Å². The van der Waals surface area contributed by atoms with Crippen LogP contribution < -0.4 is 0 Å². The zero-order valence-electron chi connectivity index (χ0n) is 10.7. The Hall–Kier alpha value is -1.74. The Morgan fingerprint density at radius 2 is 2.00 bits per heavy atom. The molecule has 0 unspecified atom stereocenters. The summed E-state index contributed by atoms with van der Waals surface area (Å²) in [5.74, 6) is -0.586. The van der Waals surface area contributed by atoms with Crippen molar-refractivity contribution < 1.29 is 9.18 Å². The summed E-state index contributed by atoms with van der Waals surface area (Å²) in [6.07, 6.45) is 0.139. The summed E-state index contributed by atoms with van der Waals surface area (Å²) in [6, 6.07) is 7.95. The summed E-state index contributed by atoms with van der Waals surface area (Å²) in [4.78, 5) is 16.4. The van der Waals surface area contributed by atoms with Crippen LogP contribution in [-0.4, -0.2) is 10.8 Å². The normalized spacial score (nSPS) is 10.5. The van der Waals surface area contributed by atoms with Crippen molar-refractivity contribution >= 4 is 17.4 Å². The highest BCUT2D eigenvalue weighted by Gasteiger charge is 2.12. The third-order valence-corrected chi connectivity index (χ3v) is 3.18. The number of halogens is 2. The van der Waals surface area contributed by atoms with Gasteiger partial charge in [0.2, 0.25) is 0 Å². The molecule has 19 heavy (non-hydrogen) atoms. The van der Waals surface area contributed by atoms with E-state index in [1.165, 1.54) is 12.1 Å². The third-order valence-electron chi connectivity index (χ3n) is 2.87. The molecule has 0 amide bonds. The van der Waals surface area contributed by atoms with Gasteiger partial charge in [-0.25, -0.2) is 4.39 Å². The fourth-order valence-corrected chi connectivity index (χ4v) is 2.03. The van der Waals surface area contributed by atoms with Gasteiger partial charge < -0.3 is 0 Å². The molecule has 0 saturated carbocycles. The van der Waals surface area contributed by atoms with Crippen LogP contribution in [0.5, 0.6) is 0 Å². The summed E-state index contributed by atoms with van der Waals surface area (Å²) < 4.78 is 13.3. The van der Waals surface area contributed by atoms with Crippen LogP contribution in [0.25, 0.3) is 0 Å². The molecule has 1 heterocycles. The van der Waals surface area contributed by atoms with E-state index in [4.69, 9.17) is 11.6 Å². The van der Waals surface area contributed by atoms with Gasteiger partial charge in [-0.15, -0.1) is 0 Å². The van der Waals surface area contributed by atoms with Crippen molar-refractivity contribution in [1.82, 2.24) is 4.98 Å². The quantitative estimate of drug-likeness (QED) is 0.796. The standard InChI is InChI=1S/C15H13ClFNO/c1-9-3-5-12(10(2)18-9)15(19)8-11-4-6-13(16)14(17)7-11/h3-7H,8H2,1-2H3. The first-order chi connectivity index (χ1) is 8.97. The second-order valence-corrected chi connectivity index (χ2v) is 4.84. The molecule has 2 nitrogen and oxygen atoms in total. The highest BCUT2D eigenvalue weighted by Crippen LogP contribution is 2.17. The molecule has 0 bridgehead atoms. The number of carbonyl (C=O) groups is 1. The van der Waals surface area contributed by atoms with E-state index in [1.54, 1.807) is 25.1 Å². The smallest absolute Gasteiger partial charge is 0.169 e. The molecule has 0 aliphatic carbocycles. The van der Waals surface area contributed by atoms with Crippen molar-refractivity contribution in [1.29, 1.82) is 0 Å². The lowest BCUT2D eigenvalue weighted by Crippen LogP contribution is -2.07. The monoisotopic (exact) mass is 277 g/mol. The van der Waals surface area contributed by atoms with E-state index in [9.17, 15) is 9.18 Å². The predicted octanol–water partition coefficient (Wildman–Crippen LogP) is 3.92. The van der Waals surface area contributed by atoms with Gasteiger partial charge in [0.1, 0.15) is 5.82 Å². The molecule has 0 N–H and O–H groups in total. The summed E-state index contributed by atoms with van der Waals surface area (Å²) in [6.45, 7) is 3.67. The van der Waals surface area contributed by atoms with E-state index in [1.807, 2.05) is 6.92 Å². The van der Waals surface area contributed by atoms with Crippen LogP contribution in [0.1, 0.15) is 27.3 Å². The lowest BCUT2D eigenvalue weighted by atomic mass is 10.0. The maximum Gasteiger partial charge on any atom is 0.169 e. The fraction of sp³-hybridized carbons (Fsp3) is 0.200. The Bertz CT molecular complexity index is 640. The molecule has 0 spiro atoms. The zero-order valence-corrected chi connectivity index (χ0v) is 11.5. The van der Waals surface area contributed by atoms with Crippen LogP contribution >= 0.6 is 11.6 Å². The number of aromatic nitrogens is 1. The van der Waals surface area contributed by atoms with Gasteiger partial charge in [0.25, 0.3) is 0 Å². The predicted molar refractivity (Wildman–Crippen MR) is 73.2 cm³/mol. The average Bonchev–Trinajstić information content (AvgIpc) is 2.33. The number of hydrogen-bond donors (Lipinski definition) is 0. The van der Waals surface area contributed by atoms with Gasteiger partial charge in [0.15, 0.2) is 5.78 Å². The first kappa shape index (κ1) is 13.7. The molecule has 0 saturated heterocycles. The van der Waals surface area contributed by atoms with Gasteiger partial charge in [-0.3, -0.25) is 9.78 Å². The van der Waals surface area contributed by atoms with E-state index in [-0.39, 0.29) is 17.2 Å². The highest BCUT2D eigenvalue weighted by molar-refractivity contribution is 6.30. The van der Waals surface area contributed by atoms with Crippen molar-refractivity contribution in [2.45, 2.75) is 20.3 Å². The van der Waals surface area contributed by atoms with Gasteiger partial charge in [0, 0.05) is 23.4 Å². The molecule has 2 rings (SSSR count). The third kappa shape index (κ3) is 3.18. The summed E-state index contributed by atoms with van der Waals surface area (Å²) in [5, 5.41) is 0.0596. The van der Waals surface area contributed by atoms with Gasteiger partial charge >= 0.3 is 0 Å². The molecule has 1 aromatic heterocycles. The topological polar surface area (TPSA) is 30.0 Å². The van der Waals surface area contributed by atoms with Crippen LogP contribution in [0.2, 0.25) is 5.02 Å². The number of benzene rings is 1. The number of hydrogen-bond acceptors (Lipinski definition) is 2. The minimum absolute atomic E-state index is 0.0596. The van der Waals surface area contributed by atoms with Crippen LogP contribution in [0.4, 0.5) is 4.39 Å². The van der Waals surface area contributed by atoms with Crippen LogP contribution in [0.3, 0.4) is 0 Å². The molecule has 0 atom stereocenters. The lowest BCUT2D eigenvalue weighted by molar-refractivity contribution is 0.0992. The number of pyridine rings is 1. The number of rotatable bonds is 3. The molecule has 0 aliphatic heterocycles. The molecule has 0 fully saturated rings. The van der Waals surface area contributed by atoms with Crippen molar-refractivity contribution in [3.8, 4) is 0 Å². The van der Waals surface area contributed by atoms with Crippen LogP contribution in [0.15, 0.2) is 30.3 Å². The second-order valence-electron chi connectivity index (χ2n) is 4.43. The Kier molecular flexibility index (Phi) is 3.96. The second kappa shape index (κ2) is 5.49.